The molecule has 0 aliphatic carbocycles. The van der Waals surface area contributed by atoms with Crippen LogP contribution < -0.4 is 10.6 Å². The van der Waals surface area contributed by atoms with Crippen molar-refractivity contribution in [3.05, 3.63) is 0 Å². The lowest BCUT2D eigenvalue weighted by atomic mass is 9.98. The minimum absolute atomic E-state index is 0.0713. The van der Waals surface area contributed by atoms with Crippen LogP contribution in [0.4, 0.5) is 0 Å². The molecule has 0 spiro atoms. The minimum Gasteiger partial charge on any atom is -0.355 e. The summed E-state index contributed by atoms with van der Waals surface area (Å²) < 4.78 is 24.6. The van der Waals surface area contributed by atoms with Gasteiger partial charge in [-0.25, -0.2) is 12.7 Å². The summed E-state index contributed by atoms with van der Waals surface area (Å²) in [4.78, 5) is 11.6. The third-order valence-corrected chi connectivity index (χ3v) is 5.16. The van der Waals surface area contributed by atoms with Crippen LogP contribution in [0.15, 0.2) is 0 Å². The summed E-state index contributed by atoms with van der Waals surface area (Å²) in [6.45, 7) is 2.67. The predicted molar refractivity (Wildman–Crippen MR) is 73.2 cm³/mol. The molecule has 0 aromatic rings. The largest absolute Gasteiger partial charge is 0.355 e. The number of piperidine rings is 2. The first-order chi connectivity index (χ1) is 8.97. The van der Waals surface area contributed by atoms with Gasteiger partial charge in [-0.1, -0.05) is 0 Å². The molecule has 0 radical (unpaired) electrons. The van der Waals surface area contributed by atoms with Crippen molar-refractivity contribution in [1.82, 2.24) is 14.9 Å². The first-order valence-electron chi connectivity index (χ1n) is 6.93. The van der Waals surface area contributed by atoms with Gasteiger partial charge in [-0.2, -0.15) is 0 Å². The zero-order valence-corrected chi connectivity index (χ0v) is 12.2. The first kappa shape index (κ1) is 14.7. The predicted octanol–water partition coefficient (Wildman–Crippen LogP) is -0.474. The van der Waals surface area contributed by atoms with Crippen LogP contribution in [0, 0.1) is 5.92 Å². The Morgan fingerprint density at radius 3 is 2.84 bits per heavy atom. The average Bonchev–Trinajstić information content (AvgIpc) is 2.37. The van der Waals surface area contributed by atoms with Gasteiger partial charge in [-0.3, -0.25) is 4.79 Å². The number of hydrogen-bond acceptors (Lipinski definition) is 4. The van der Waals surface area contributed by atoms with Crippen LogP contribution >= 0.6 is 0 Å². The van der Waals surface area contributed by atoms with Crippen LogP contribution in [-0.2, 0) is 14.8 Å². The van der Waals surface area contributed by atoms with Gasteiger partial charge in [0.1, 0.15) is 0 Å². The van der Waals surface area contributed by atoms with Crippen molar-refractivity contribution in [2.24, 2.45) is 5.92 Å². The van der Waals surface area contributed by atoms with Crippen LogP contribution in [0.5, 0.6) is 0 Å². The minimum atomic E-state index is -3.09. The maximum absolute atomic E-state index is 11.6. The molecule has 2 N–H and O–H groups in total. The molecular weight excluding hydrogens is 266 g/mol. The number of amides is 1. The Kier molecular flexibility index (Phi) is 4.81. The van der Waals surface area contributed by atoms with Gasteiger partial charge in [0.15, 0.2) is 0 Å². The Morgan fingerprint density at radius 1 is 1.37 bits per heavy atom. The summed E-state index contributed by atoms with van der Waals surface area (Å²) >= 11 is 0. The Bertz CT molecular complexity index is 424. The van der Waals surface area contributed by atoms with Gasteiger partial charge in [0.05, 0.1) is 12.3 Å². The second-order valence-corrected chi connectivity index (χ2v) is 7.51. The first-order valence-corrected chi connectivity index (χ1v) is 8.78. The number of sulfonamides is 1. The van der Waals surface area contributed by atoms with E-state index in [1.165, 1.54) is 6.26 Å². The van der Waals surface area contributed by atoms with Crippen molar-refractivity contribution in [1.29, 1.82) is 0 Å². The van der Waals surface area contributed by atoms with Crippen molar-refractivity contribution >= 4 is 15.9 Å². The molecule has 2 aliphatic rings. The van der Waals surface area contributed by atoms with E-state index in [0.29, 0.717) is 25.6 Å². The molecule has 2 aliphatic heterocycles. The fourth-order valence-electron chi connectivity index (χ4n) is 2.77. The van der Waals surface area contributed by atoms with E-state index >= 15 is 0 Å². The molecule has 0 bridgehead atoms. The van der Waals surface area contributed by atoms with Crippen LogP contribution in [0.25, 0.3) is 0 Å². The fourth-order valence-corrected chi connectivity index (χ4v) is 3.71. The van der Waals surface area contributed by atoms with Gasteiger partial charge in [0.2, 0.25) is 15.9 Å². The number of nitrogens with one attached hydrogen (secondary N) is 2. The van der Waals surface area contributed by atoms with E-state index in [2.05, 4.69) is 10.6 Å². The number of carbonyl (C=O) groups excluding carboxylic acids is 1. The van der Waals surface area contributed by atoms with Crippen molar-refractivity contribution in [3.63, 3.8) is 0 Å². The number of carbonyl (C=O) groups is 1. The summed E-state index contributed by atoms with van der Waals surface area (Å²) in [7, 11) is -3.09. The van der Waals surface area contributed by atoms with Gasteiger partial charge in [0, 0.05) is 19.6 Å². The lowest BCUT2D eigenvalue weighted by molar-refractivity contribution is -0.124. The van der Waals surface area contributed by atoms with Crippen LogP contribution in [0.3, 0.4) is 0 Å². The quantitative estimate of drug-likeness (QED) is 0.733. The average molecular weight is 289 g/mol. The highest BCUT2D eigenvalue weighted by molar-refractivity contribution is 7.88. The molecule has 0 saturated carbocycles. The Labute approximate surface area is 115 Å². The highest BCUT2D eigenvalue weighted by Gasteiger charge is 2.27. The van der Waals surface area contributed by atoms with E-state index in [9.17, 15) is 13.2 Å². The monoisotopic (exact) mass is 289 g/mol. The molecule has 7 heteroatoms. The van der Waals surface area contributed by atoms with E-state index in [1.54, 1.807) is 4.31 Å². The van der Waals surface area contributed by atoms with Crippen LogP contribution in [-0.4, -0.2) is 57.1 Å². The van der Waals surface area contributed by atoms with Crippen LogP contribution in [0.1, 0.15) is 25.7 Å². The molecule has 2 rings (SSSR count). The molecule has 110 valence electrons. The standard InChI is InChI=1S/C12H23N3O3S/c1-19(17,18)15-7-3-4-10(9-15)8-14-11-5-2-6-13-12(11)16/h10-11,14H,2-9H2,1H3,(H,13,16). The fraction of sp³-hybridized carbons (Fsp3) is 0.917. The Morgan fingerprint density at radius 2 is 2.16 bits per heavy atom. The molecule has 2 heterocycles. The molecule has 2 unspecified atom stereocenters. The number of nitrogens with zero attached hydrogens (tertiary/aromatic N) is 1. The SMILES string of the molecule is CS(=O)(=O)N1CCCC(CNC2CCCNC2=O)C1. The third-order valence-electron chi connectivity index (χ3n) is 3.89. The molecule has 1 amide bonds. The van der Waals surface area contributed by atoms with E-state index in [1.807, 2.05) is 0 Å². The molecule has 2 fully saturated rings. The maximum atomic E-state index is 11.6. The molecule has 0 aromatic carbocycles. The third kappa shape index (κ3) is 4.15. The van der Waals surface area contributed by atoms with Crippen molar-refractivity contribution < 1.29 is 13.2 Å². The van der Waals surface area contributed by atoms with Gasteiger partial charge in [-0.05, 0) is 38.1 Å². The van der Waals surface area contributed by atoms with E-state index < -0.39 is 10.0 Å². The molecule has 19 heavy (non-hydrogen) atoms. The summed E-state index contributed by atoms with van der Waals surface area (Å²) in [6.07, 6.45) is 5.05. The van der Waals surface area contributed by atoms with Gasteiger partial charge >= 0.3 is 0 Å². The summed E-state index contributed by atoms with van der Waals surface area (Å²) in [5.74, 6) is 0.375. The van der Waals surface area contributed by atoms with Gasteiger partial charge in [0.25, 0.3) is 0 Å². The summed E-state index contributed by atoms with van der Waals surface area (Å²) in [6, 6.07) is -0.109. The molecule has 2 saturated heterocycles. The van der Waals surface area contributed by atoms with E-state index in [-0.39, 0.29) is 11.9 Å². The normalized spacial score (nSPS) is 30.1. The van der Waals surface area contributed by atoms with Crippen molar-refractivity contribution in [2.75, 3.05) is 32.4 Å². The molecule has 2 atom stereocenters. The topological polar surface area (TPSA) is 78.5 Å². The summed E-state index contributed by atoms with van der Waals surface area (Å²) in [5.41, 5.74) is 0. The van der Waals surface area contributed by atoms with Crippen LogP contribution in [0.2, 0.25) is 0 Å². The van der Waals surface area contributed by atoms with Gasteiger partial charge in [-0.15, -0.1) is 0 Å². The van der Waals surface area contributed by atoms with E-state index in [4.69, 9.17) is 0 Å². The zero-order valence-electron chi connectivity index (χ0n) is 11.4. The highest BCUT2D eigenvalue weighted by Crippen LogP contribution is 2.18. The van der Waals surface area contributed by atoms with E-state index in [0.717, 1.165) is 32.2 Å². The number of hydrogen-bond donors (Lipinski definition) is 2. The smallest absolute Gasteiger partial charge is 0.237 e. The lowest BCUT2D eigenvalue weighted by Gasteiger charge is -2.32. The summed E-state index contributed by atoms with van der Waals surface area (Å²) in [5, 5.41) is 6.12. The Hall–Kier alpha value is -0.660. The lowest BCUT2D eigenvalue weighted by Crippen LogP contribution is -2.51. The molecular formula is C12H23N3O3S. The van der Waals surface area contributed by atoms with Gasteiger partial charge < -0.3 is 10.6 Å². The molecule has 0 aromatic heterocycles. The van der Waals surface area contributed by atoms with Crippen molar-refractivity contribution in [2.45, 2.75) is 31.7 Å². The zero-order chi connectivity index (χ0) is 13.9. The second kappa shape index (κ2) is 6.19. The van der Waals surface area contributed by atoms with Crippen molar-refractivity contribution in [3.8, 4) is 0 Å². The number of rotatable bonds is 4. The molecule has 6 nitrogen and oxygen atoms in total. The maximum Gasteiger partial charge on any atom is 0.237 e. The second-order valence-electron chi connectivity index (χ2n) is 5.52. The highest BCUT2D eigenvalue weighted by atomic mass is 32.2. The Balaban J connectivity index is 1.81.